The summed E-state index contributed by atoms with van der Waals surface area (Å²) in [6.07, 6.45) is -0.697. The number of alkyl halides is 3. The molecule has 10 heteroatoms. The number of anilines is 2. The van der Waals surface area contributed by atoms with Gasteiger partial charge in [-0.05, 0) is 56.1 Å². The second-order valence-electron chi connectivity index (χ2n) is 8.82. The van der Waals surface area contributed by atoms with Gasteiger partial charge in [0.2, 0.25) is 0 Å². The number of amides is 1. The molecule has 1 aromatic heterocycles. The third kappa shape index (κ3) is 4.69. The van der Waals surface area contributed by atoms with E-state index in [4.69, 9.17) is 4.74 Å². The lowest BCUT2D eigenvalue weighted by Gasteiger charge is -2.16. The van der Waals surface area contributed by atoms with Crippen LogP contribution in [-0.2, 0) is 6.42 Å². The standard InChI is InChI=1S/C22H23F4N3O2S/c23-16-10-14(3-4-17(16)31-15-8-12-7-13(12)9-15)27-20(30)19-18(11-22(24,25)26)32-21(28-19)29-5-1-2-6-29/h3-4,10,12-13,15H,1-2,5-9,11H2,(H,27,30). The van der Waals surface area contributed by atoms with Gasteiger partial charge in [0.05, 0.1) is 12.5 Å². The molecule has 2 heterocycles. The molecule has 172 valence electrons. The molecule has 5 nitrogen and oxygen atoms in total. The molecule has 2 unspecified atom stereocenters. The molecule has 2 aromatic rings. The molecule has 1 amide bonds. The summed E-state index contributed by atoms with van der Waals surface area (Å²) in [5, 5.41) is 2.90. The minimum absolute atomic E-state index is 0.0117. The number of rotatable bonds is 6. The zero-order valence-corrected chi connectivity index (χ0v) is 18.1. The van der Waals surface area contributed by atoms with Gasteiger partial charge in [-0.3, -0.25) is 4.79 Å². The summed E-state index contributed by atoms with van der Waals surface area (Å²) in [7, 11) is 0. The number of thiazole rings is 1. The number of benzene rings is 1. The first-order valence-electron chi connectivity index (χ1n) is 10.8. The predicted molar refractivity (Wildman–Crippen MR) is 113 cm³/mol. The van der Waals surface area contributed by atoms with Gasteiger partial charge < -0.3 is 15.0 Å². The summed E-state index contributed by atoms with van der Waals surface area (Å²) < 4.78 is 59.5. The monoisotopic (exact) mass is 469 g/mol. The summed E-state index contributed by atoms with van der Waals surface area (Å²) in [5.74, 6) is 0.133. The molecule has 1 saturated heterocycles. The molecule has 0 bridgehead atoms. The van der Waals surface area contributed by atoms with Gasteiger partial charge in [-0.15, -0.1) is 11.3 Å². The highest BCUT2D eigenvalue weighted by Gasteiger charge is 2.47. The van der Waals surface area contributed by atoms with E-state index in [1.54, 1.807) is 0 Å². The number of aromatic nitrogens is 1. The maximum Gasteiger partial charge on any atom is 0.393 e. The molecule has 0 spiro atoms. The lowest BCUT2D eigenvalue weighted by Crippen LogP contribution is -2.19. The van der Waals surface area contributed by atoms with Crippen LogP contribution in [0.3, 0.4) is 0 Å². The highest BCUT2D eigenvalue weighted by Crippen LogP contribution is 2.52. The minimum atomic E-state index is -4.46. The van der Waals surface area contributed by atoms with Crippen LogP contribution in [0.5, 0.6) is 5.75 Å². The Morgan fingerprint density at radius 3 is 2.56 bits per heavy atom. The van der Waals surface area contributed by atoms with E-state index in [1.165, 1.54) is 18.6 Å². The van der Waals surface area contributed by atoms with Crippen molar-refractivity contribution in [1.29, 1.82) is 0 Å². The largest absolute Gasteiger partial charge is 0.487 e. The van der Waals surface area contributed by atoms with Crippen molar-refractivity contribution in [2.24, 2.45) is 11.8 Å². The molecule has 1 aliphatic heterocycles. The topological polar surface area (TPSA) is 54.5 Å². The molecule has 2 saturated carbocycles. The van der Waals surface area contributed by atoms with E-state index in [0.29, 0.717) is 30.1 Å². The van der Waals surface area contributed by atoms with Gasteiger partial charge in [-0.2, -0.15) is 13.2 Å². The van der Waals surface area contributed by atoms with E-state index in [-0.39, 0.29) is 28.1 Å². The van der Waals surface area contributed by atoms with E-state index < -0.39 is 24.3 Å². The van der Waals surface area contributed by atoms with Crippen LogP contribution in [0.15, 0.2) is 18.2 Å². The second kappa shape index (κ2) is 8.20. The van der Waals surface area contributed by atoms with Crippen LogP contribution < -0.4 is 15.0 Å². The Hall–Kier alpha value is -2.36. The van der Waals surface area contributed by atoms with Crippen LogP contribution >= 0.6 is 11.3 Å². The number of hydrogen-bond donors (Lipinski definition) is 1. The molecular formula is C22H23F4N3O2S. The Morgan fingerprint density at radius 1 is 1.19 bits per heavy atom. The number of carbonyl (C=O) groups is 1. The zero-order valence-electron chi connectivity index (χ0n) is 17.3. The van der Waals surface area contributed by atoms with Gasteiger partial charge in [-0.1, -0.05) is 0 Å². The van der Waals surface area contributed by atoms with Crippen molar-refractivity contribution < 1.29 is 27.1 Å². The molecule has 5 rings (SSSR count). The fourth-order valence-corrected chi connectivity index (χ4v) is 5.80. The minimum Gasteiger partial charge on any atom is -0.487 e. The van der Waals surface area contributed by atoms with Crippen molar-refractivity contribution in [2.75, 3.05) is 23.3 Å². The molecule has 3 aliphatic rings. The molecule has 1 N–H and O–H groups in total. The Labute approximate surface area is 186 Å². The van der Waals surface area contributed by atoms with Gasteiger partial charge in [0.15, 0.2) is 16.7 Å². The van der Waals surface area contributed by atoms with Crippen molar-refractivity contribution in [1.82, 2.24) is 4.98 Å². The van der Waals surface area contributed by atoms with E-state index in [0.717, 1.165) is 43.1 Å². The third-order valence-corrected chi connectivity index (χ3v) is 7.44. The normalized spacial score (nSPS) is 24.5. The lowest BCUT2D eigenvalue weighted by atomic mass is 10.2. The molecule has 0 radical (unpaired) electrons. The predicted octanol–water partition coefficient (Wildman–Crippen LogP) is 5.42. The Kier molecular flexibility index (Phi) is 5.51. The van der Waals surface area contributed by atoms with Crippen LogP contribution in [0.2, 0.25) is 0 Å². The van der Waals surface area contributed by atoms with Crippen LogP contribution in [0.25, 0.3) is 0 Å². The number of fused-ring (bicyclic) bond motifs is 1. The Balaban J connectivity index is 1.30. The molecule has 1 aromatic carbocycles. The maximum atomic E-state index is 14.5. The Morgan fingerprint density at radius 2 is 1.91 bits per heavy atom. The molecule has 2 atom stereocenters. The number of carbonyl (C=O) groups excluding carboxylic acids is 1. The lowest BCUT2D eigenvalue weighted by molar-refractivity contribution is -0.126. The van der Waals surface area contributed by atoms with Crippen molar-refractivity contribution in [3.05, 3.63) is 34.6 Å². The average Bonchev–Trinajstić information content (AvgIpc) is 3.14. The van der Waals surface area contributed by atoms with Gasteiger partial charge in [0.1, 0.15) is 5.69 Å². The van der Waals surface area contributed by atoms with Gasteiger partial charge in [0, 0.05) is 29.7 Å². The summed E-state index contributed by atoms with van der Waals surface area (Å²) in [5.41, 5.74) is -0.122. The summed E-state index contributed by atoms with van der Waals surface area (Å²) in [4.78, 5) is 18.7. The molecular weight excluding hydrogens is 446 g/mol. The fraction of sp³-hybridized carbons (Fsp3) is 0.545. The van der Waals surface area contributed by atoms with Gasteiger partial charge >= 0.3 is 6.18 Å². The van der Waals surface area contributed by atoms with E-state index in [1.807, 2.05) is 4.90 Å². The third-order valence-electron chi connectivity index (χ3n) is 6.32. The Bertz CT molecular complexity index is 1010. The van der Waals surface area contributed by atoms with Crippen LogP contribution in [-0.4, -0.2) is 36.3 Å². The summed E-state index contributed by atoms with van der Waals surface area (Å²) in [6.45, 7) is 1.41. The zero-order chi connectivity index (χ0) is 22.5. The van der Waals surface area contributed by atoms with Crippen molar-refractivity contribution >= 4 is 28.1 Å². The van der Waals surface area contributed by atoms with Crippen LogP contribution in [0.4, 0.5) is 28.4 Å². The van der Waals surface area contributed by atoms with E-state index >= 15 is 0 Å². The van der Waals surface area contributed by atoms with Crippen LogP contribution in [0.1, 0.15) is 47.5 Å². The molecule has 32 heavy (non-hydrogen) atoms. The van der Waals surface area contributed by atoms with E-state index in [2.05, 4.69) is 10.3 Å². The number of ether oxygens (including phenoxy) is 1. The van der Waals surface area contributed by atoms with Crippen LogP contribution in [0, 0.1) is 17.7 Å². The fourth-order valence-electron chi connectivity index (χ4n) is 4.66. The number of halogens is 4. The van der Waals surface area contributed by atoms with E-state index in [9.17, 15) is 22.4 Å². The first-order valence-corrected chi connectivity index (χ1v) is 11.7. The van der Waals surface area contributed by atoms with Crippen molar-refractivity contribution in [2.45, 2.75) is 50.8 Å². The van der Waals surface area contributed by atoms with Gasteiger partial charge in [-0.25, -0.2) is 9.37 Å². The smallest absolute Gasteiger partial charge is 0.393 e. The van der Waals surface area contributed by atoms with Crippen molar-refractivity contribution in [3.8, 4) is 5.75 Å². The second-order valence-corrected chi connectivity index (χ2v) is 9.88. The first kappa shape index (κ1) is 21.5. The number of hydrogen-bond acceptors (Lipinski definition) is 5. The first-order chi connectivity index (χ1) is 15.2. The SMILES string of the molecule is O=C(Nc1ccc(OC2CC3CC3C2)c(F)c1)c1nc(N2CCCC2)sc1CC(F)(F)F. The number of nitrogens with one attached hydrogen (secondary N) is 1. The number of nitrogens with zero attached hydrogens (tertiary/aromatic N) is 2. The quantitative estimate of drug-likeness (QED) is 0.575. The van der Waals surface area contributed by atoms with Gasteiger partial charge in [0.25, 0.3) is 5.91 Å². The summed E-state index contributed by atoms with van der Waals surface area (Å²) in [6, 6.07) is 4.06. The summed E-state index contributed by atoms with van der Waals surface area (Å²) >= 11 is 0.889. The molecule has 3 fully saturated rings. The average molecular weight is 470 g/mol. The highest BCUT2D eigenvalue weighted by molar-refractivity contribution is 7.16. The highest BCUT2D eigenvalue weighted by atomic mass is 32.1. The maximum absolute atomic E-state index is 14.5. The van der Waals surface area contributed by atoms with Crippen molar-refractivity contribution in [3.63, 3.8) is 0 Å². The molecule has 2 aliphatic carbocycles.